The lowest BCUT2D eigenvalue weighted by molar-refractivity contribution is 0.0594. The van der Waals surface area contributed by atoms with Crippen molar-refractivity contribution in [2.24, 2.45) is 0 Å². The average Bonchev–Trinajstić information content (AvgIpc) is 3.16. The van der Waals surface area contributed by atoms with Gasteiger partial charge in [0.25, 0.3) is 5.91 Å². The van der Waals surface area contributed by atoms with Gasteiger partial charge in [0, 0.05) is 19.9 Å². The number of nitrogens with zero attached hydrogens (tertiary/aromatic N) is 3. The van der Waals surface area contributed by atoms with Gasteiger partial charge in [0.15, 0.2) is 11.6 Å². The third kappa shape index (κ3) is 3.00. The lowest BCUT2D eigenvalue weighted by Crippen LogP contribution is -2.39. The van der Waals surface area contributed by atoms with Crippen molar-refractivity contribution in [1.29, 1.82) is 0 Å². The van der Waals surface area contributed by atoms with Crippen LogP contribution in [-0.2, 0) is 11.3 Å². The molecule has 1 aliphatic heterocycles. The number of amides is 1. The number of ether oxygens (including phenoxy) is 1. The summed E-state index contributed by atoms with van der Waals surface area (Å²) in [7, 11) is 1.60. The van der Waals surface area contributed by atoms with Crippen LogP contribution in [0, 0.1) is 0 Å². The molecule has 0 saturated carbocycles. The molecule has 8 heteroatoms. The van der Waals surface area contributed by atoms with Crippen molar-refractivity contribution in [3.63, 3.8) is 0 Å². The van der Waals surface area contributed by atoms with Gasteiger partial charge in [0.05, 0.1) is 11.1 Å². The maximum Gasteiger partial charge on any atom is 0.270 e. The third-order valence-electron chi connectivity index (χ3n) is 3.77. The molecule has 0 aromatic carbocycles. The molecule has 1 atom stereocenters. The number of halogens is 1. The smallest absolute Gasteiger partial charge is 0.270 e. The van der Waals surface area contributed by atoms with Crippen LogP contribution in [0.1, 0.15) is 47.4 Å². The molecule has 0 spiro atoms. The number of aromatic nitrogens is 4. The zero-order valence-corrected chi connectivity index (χ0v) is 13.1. The number of likely N-dealkylation sites (tertiary alicyclic amines) is 1. The largest absolute Gasteiger partial charge is 0.377 e. The minimum atomic E-state index is -0.120. The van der Waals surface area contributed by atoms with E-state index in [4.69, 9.17) is 16.3 Å². The molecule has 0 bridgehead atoms. The van der Waals surface area contributed by atoms with E-state index in [-0.39, 0.29) is 11.9 Å². The Bertz CT molecular complexity index is 653. The number of nitrogens with one attached hydrogen (secondary N) is 2. The average molecular weight is 324 g/mol. The van der Waals surface area contributed by atoms with Crippen LogP contribution in [0.4, 0.5) is 0 Å². The number of carbonyl (C=O) groups excluding carboxylic acids is 1. The highest BCUT2D eigenvalue weighted by atomic mass is 35.5. The van der Waals surface area contributed by atoms with Crippen LogP contribution in [0.5, 0.6) is 0 Å². The maximum atomic E-state index is 12.7. The molecule has 0 unspecified atom stereocenters. The topological polar surface area (TPSA) is 86.9 Å². The predicted molar refractivity (Wildman–Crippen MR) is 80.5 cm³/mol. The fourth-order valence-electron chi connectivity index (χ4n) is 2.75. The van der Waals surface area contributed by atoms with Crippen molar-refractivity contribution in [2.45, 2.75) is 31.9 Å². The van der Waals surface area contributed by atoms with E-state index in [0.29, 0.717) is 35.5 Å². The summed E-state index contributed by atoms with van der Waals surface area (Å²) < 4.78 is 5.04. The van der Waals surface area contributed by atoms with Crippen molar-refractivity contribution in [3.8, 4) is 0 Å². The fourth-order valence-corrected chi connectivity index (χ4v) is 2.91. The Labute approximate surface area is 133 Å². The van der Waals surface area contributed by atoms with Gasteiger partial charge < -0.3 is 14.6 Å². The molecule has 1 fully saturated rings. The van der Waals surface area contributed by atoms with Crippen molar-refractivity contribution < 1.29 is 9.53 Å². The van der Waals surface area contributed by atoms with Gasteiger partial charge in [-0.1, -0.05) is 11.6 Å². The zero-order chi connectivity index (χ0) is 15.5. The highest BCUT2D eigenvalue weighted by Gasteiger charge is 2.32. The lowest BCUT2D eigenvalue weighted by atomic mass is 10.0. The van der Waals surface area contributed by atoms with E-state index in [2.05, 4.69) is 20.2 Å². The number of hydrogen-bond donors (Lipinski definition) is 2. The number of methoxy groups -OCH3 is 1. The second kappa shape index (κ2) is 6.50. The minimum absolute atomic E-state index is 0.0744. The Balaban J connectivity index is 1.82. The molecule has 1 amide bonds. The third-order valence-corrected chi connectivity index (χ3v) is 3.99. The number of H-pyrrole nitrogens is 2. The summed E-state index contributed by atoms with van der Waals surface area (Å²) >= 11 is 5.89. The molecule has 1 saturated heterocycles. The molecular weight excluding hydrogens is 306 g/mol. The van der Waals surface area contributed by atoms with Crippen molar-refractivity contribution >= 4 is 17.5 Å². The summed E-state index contributed by atoms with van der Waals surface area (Å²) in [6.07, 6.45) is 4.49. The maximum absolute atomic E-state index is 12.7. The fraction of sp³-hybridized carbons (Fsp3) is 0.500. The number of carbonyl (C=O) groups is 1. The molecule has 0 aliphatic carbocycles. The van der Waals surface area contributed by atoms with Crippen LogP contribution in [0.15, 0.2) is 12.3 Å². The van der Waals surface area contributed by atoms with Gasteiger partial charge in [-0.05, 0) is 25.3 Å². The van der Waals surface area contributed by atoms with Gasteiger partial charge in [-0.2, -0.15) is 5.10 Å². The summed E-state index contributed by atoms with van der Waals surface area (Å²) in [6, 6.07) is 1.52. The first-order chi connectivity index (χ1) is 10.7. The zero-order valence-electron chi connectivity index (χ0n) is 12.3. The highest BCUT2D eigenvalue weighted by molar-refractivity contribution is 6.30. The summed E-state index contributed by atoms with van der Waals surface area (Å²) in [4.78, 5) is 21.8. The van der Waals surface area contributed by atoms with Gasteiger partial charge in [-0.15, -0.1) is 0 Å². The second-order valence-corrected chi connectivity index (χ2v) is 5.75. The first kappa shape index (κ1) is 15.1. The summed E-state index contributed by atoms with van der Waals surface area (Å²) in [5, 5.41) is 7.62. The number of aromatic amines is 2. The standard InChI is InChI=1S/C14H18ClN5O2/c1-22-8-12-17-13(19-18-12)11-4-2-3-5-20(11)14(21)10-6-9(15)7-16-10/h6-7,11,16H,2-5,8H2,1H3,(H,17,18,19)/t11-/m1/s1. The first-order valence-electron chi connectivity index (χ1n) is 7.24. The van der Waals surface area contributed by atoms with E-state index >= 15 is 0 Å². The molecule has 3 rings (SSSR count). The van der Waals surface area contributed by atoms with Crippen LogP contribution >= 0.6 is 11.6 Å². The first-order valence-corrected chi connectivity index (χ1v) is 7.62. The molecular formula is C14H18ClN5O2. The summed E-state index contributed by atoms with van der Waals surface area (Å²) in [6.45, 7) is 1.06. The van der Waals surface area contributed by atoms with Crippen molar-refractivity contribution in [2.75, 3.05) is 13.7 Å². The molecule has 2 N–H and O–H groups in total. The Hall–Kier alpha value is -1.86. The van der Waals surface area contributed by atoms with E-state index in [0.717, 1.165) is 19.3 Å². The SMILES string of the molecule is COCc1nc([C@H]2CCCCN2C(=O)c2cc(Cl)c[nH]2)n[nH]1. The molecule has 3 heterocycles. The molecule has 2 aromatic rings. The van der Waals surface area contributed by atoms with Gasteiger partial charge in [0.1, 0.15) is 12.3 Å². The van der Waals surface area contributed by atoms with Crippen LogP contribution in [-0.4, -0.2) is 44.6 Å². The number of rotatable bonds is 4. The van der Waals surface area contributed by atoms with Gasteiger partial charge in [0.2, 0.25) is 0 Å². The molecule has 2 aromatic heterocycles. The molecule has 22 heavy (non-hydrogen) atoms. The van der Waals surface area contributed by atoms with E-state index in [1.807, 2.05) is 4.90 Å². The van der Waals surface area contributed by atoms with Crippen LogP contribution in [0.3, 0.4) is 0 Å². The molecule has 118 valence electrons. The normalized spacial score (nSPS) is 18.6. The van der Waals surface area contributed by atoms with E-state index in [1.165, 1.54) is 0 Å². The van der Waals surface area contributed by atoms with Gasteiger partial charge >= 0.3 is 0 Å². The number of piperidine rings is 1. The predicted octanol–water partition coefficient (Wildman–Crippen LogP) is 2.30. The molecule has 7 nitrogen and oxygen atoms in total. The van der Waals surface area contributed by atoms with Crippen LogP contribution < -0.4 is 0 Å². The second-order valence-electron chi connectivity index (χ2n) is 5.32. The number of hydrogen-bond acceptors (Lipinski definition) is 4. The summed E-state index contributed by atoms with van der Waals surface area (Å²) in [5.74, 6) is 1.23. The van der Waals surface area contributed by atoms with E-state index in [1.54, 1.807) is 19.4 Å². The van der Waals surface area contributed by atoms with Gasteiger partial charge in [-0.25, -0.2) is 4.98 Å². The summed E-state index contributed by atoms with van der Waals surface area (Å²) in [5.41, 5.74) is 0.490. The Morgan fingerprint density at radius 2 is 2.41 bits per heavy atom. The molecule has 0 radical (unpaired) electrons. The lowest BCUT2D eigenvalue weighted by Gasteiger charge is -2.33. The van der Waals surface area contributed by atoms with E-state index in [9.17, 15) is 4.79 Å². The van der Waals surface area contributed by atoms with Crippen molar-refractivity contribution in [3.05, 3.63) is 34.6 Å². The molecule has 1 aliphatic rings. The van der Waals surface area contributed by atoms with Crippen LogP contribution in [0.2, 0.25) is 5.02 Å². The Morgan fingerprint density at radius 3 is 3.14 bits per heavy atom. The quantitative estimate of drug-likeness (QED) is 0.903. The van der Waals surface area contributed by atoms with Crippen molar-refractivity contribution in [1.82, 2.24) is 25.1 Å². The van der Waals surface area contributed by atoms with E-state index < -0.39 is 0 Å². The van der Waals surface area contributed by atoms with Gasteiger partial charge in [-0.3, -0.25) is 9.89 Å². The minimum Gasteiger partial charge on any atom is -0.377 e. The van der Waals surface area contributed by atoms with Crippen LogP contribution in [0.25, 0.3) is 0 Å². The Kier molecular flexibility index (Phi) is 4.44. The highest BCUT2D eigenvalue weighted by Crippen LogP contribution is 2.30. The Morgan fingerprint density at radius 1 is 1.55 bits per heavy atom. The monoisotopic (exact) mass is 323 g/mol.